The third-order valence-corrected chi connectivity index (χ3v) is 5.09. The minimum Gasteiger partial charge on any atom is -0.448 e. The summed E-state index contributed by atoms with van der Waals surface area (Å²) in [6.45, 7) is 3.44. The normalized spacial score (nSPS) is 34.8. The zero-order chi connectivity index (χ0) is 13.3. The highest BCUT2D eigenvalue weighted by atomic mass is 16.6. The number of likely N-dealkylation sites (tertiary alicyclic amines) is 1. The summed E-state index contributed by atoms with van der Waals surface area (Å²) in [7, 11) is 0. The van der Waals surface area contributed by atoms with E-state index in [1.165, 1.54) is 0 Å². The van der Waals surface area contributed by atoms with E-state index >= 15 is 0 Å². The van der Waals surface area contributed by atoms with Crippen molar-refractivity contribution in [3.63, 3.8) is 0 Å². The lowest BCUT2D eigenvalue weighted by Crippen LogP contribution is -2.46. The first-order chi connectivity index (χ1) is 9.25. The molecule has 3 aliphatic heterocycles. The molecule has 2 atom stereocenters. The smallest absolute Gasteiger partial charge is 0.409 e. The Bertz CT molecular complexity index is 344. The van der Waals surface area contributed by atoms with Crippen LogP contribution in [0.25, 0.3) is 0 Å². The maximum atomic E-state index is 11.9. The number of rotatable bonds is 3. The van der Waals surface area contributed by atoms with Crippen molar-refractivity contribution in [2.45, 2.75) is 50.1 Å². The van der Waals surface area contributed by atoms with Crippen molar-refractivity contribution in [1.82, 2.24) is 9.80 Å². The predicted octanol–water partition coefficient (Wildman–Crippen LogP) is 1.21. The minimum atomic E-state index is -0.154. The van der Waals surface area contributed by atoms with Gasteiger partial charge in [-0.1, -0.05) is 0 Å². The van der Waals surface area contributed by atoms with E-state index in [9.17, 15) is 9.90 Å². The van der Waals surface area contributed by atoms with Crippen LogP contribution in [0.3, 0.4) is 0 Å². The van der Waals surface area contributed by atoms with Crippen LogP contribution < -0.4 is 0 Å². The average molecular weight is 268 g/mol. The Morgan fingerprint density at radius 3 is 2.74 bits per heavy atom. The van der Waals surface area contributed by atoms with Gasteiger partial charge in [-0.3, -0.25) is 4.90 Å². The summed E-state index contributed by atoms with van der Waals surface area (Å²) in [4.78, 5) is 16.1. The maximum absolute atomic E-state index is 11.9. The lowest BCUT2D eigenvalue weighted by Gasteiger charge is -2.33. The molecule has 5 nitrogen and oxygen atoms in total. The van der Waals surface area contributed by atoms with Gasteiger partial charge in [0.15, 0.2) is 0 Å². The summed E-state index contributed by atoms with van der Waals surface area (Å²) in [5.74, 6) is 0. The number of aliphatic hydroxyl groups is 1. The second-order valence-corrected chi connectivity index (χ2v) is 6.14. The van der Waals surface area contributed by atoms with Crippen LogP contribution in [-0.4, -0.2) is 65.4 Å². The van der Waals surface area contributed by atoms with Crippen LogP contribution >= 0.6 is 0 Å². The summed E-state index contributed by atoms with van der Waals surface area (Å²) >= 11 is 0. The second kappa shape index (κ2) is 5.29. The number of hydrogen-bond donors (Lipinski definition) is 1. The third kappa shape index (κ3) is 2.34. The fourth-order valence-electron chi connectivity index (χ4n) is 3.97. The molecule has 3 aliphatic rings. The Morgan fingerprint density at radius 2 is 2.00 bits per heavy atom. The molecule has 1 N–H and O–H groups in total. The van der Waals surface area contributed by atoms with Gasteiger partial charge in [-0.2, -0.15) is 0 Å². The molecule has 0 saturated carbocycles. The molecular weight excluding hydrogens is 244 g/mol. The monoisotopic (exact) mass is 268 g/mol. The van der Waals surface area contributed by atoms with Gasteiger partial charge in [-0.05, 0) is 45.1 Å². The van der Waals surface area contributed by atoms with Gasteiger partial charge in [0.25, 0.3) is 0 Å². The molecule has 0 spiro atoms. The van der Waals surface area contributed by atoms with E-state index in [0.717, 1.165) is 58.2 Å². The highest BCUT2D eigenvalue weighted by molar-refractivity contribution is 5.67. The van der Waals surface area contributed by atoms with Crippen molar-refractivity contribution in [1.29, 1.82) is 0 Å². The number of fused-ring (bicyclic) bond motifs is 1. The van der Waals surface area contributed by atoms with Gasteiger partial charge in [0, 0.05) is 24.7 Å². The highest BCUT2D eigenvalue weighted by Gasteiger charge is 2.48. The Balaban J connectivity index is 1.52. The van der Waals surface area contributed by atoms with Crippen molar-refractivity contribution in [2.24, 2.45) is 0 Å². The van der Waals surface area contributed by atoms with E-state index in [2.05, 4.69) is 4.90 Å². The molecule has 0 aromatic heterocycles. The third-order valence-electron chi connectivity index (χ3n) is 5.09. The first kappa shape index (κ1) is 13.2. The van der Waals surface area contributed by atoms with Crippen molar-refractivity contribution in [3.8, 4) is 0 Å². The lowest BCUT2D eigenvalue weighted by molar-refractivity contribution is 0.0428. The molecule has 3 fully saturated rings. The van der Waals surface area contributed by atoms with E-state index in [-0.39, 0.29) is 18.2 Å². The van der Waals surface area contributed by atoms with Crippen LogP contribution in [0, 0.1) is 0 Å². The standard InChI is InChI=1S/C14H24N2O3/c17-11-14-5-3-9-16(14)12(4-6-14)10-19-13(18)15-7-1-2-8-15/h12,17H,1-11H2/t12-,14?/m1/s1. The second-order valence-electron chi connectivity index (χ2n) is 6.14. The van der Waals surface area contributed by atoms with E-state index in [0.29, 0.717) is 12.6 Å². The molecule has 108 valence electrons. The fourth-order valence-corrected chi connectivity index (χ4v) is 3.97. The number of amides is 1. The van der Waals surface area contributed by atoms with Crippen LogP contribution in [0.5, 0.6) is 0 Å². The van der Waals surface area contributed by atoms with Gasteiger partial charge in [-0.25, -0.2) is 4.79 Å². The molecular formula is C14H24N2O3. The largest absolute Gasteiger partial charge is 0.448 e. The highest BCUT2D eigenvalue weighted by Crippen LogP contribution is 2.42. The molecule has 1 unspecified atom stereocenters. The molecule has 1 amide bonds. The van der Waals surface area contributed by atoms with Crippen molar-refractivity contribution in [3.05, 3.63) is 0 Å². The zero-order valence-electron chi connectivity index (χ0n) is 11.5. The molecule has 3 saturated heterocycles. The average Bonchev–Trinajstić information content (AvgIpc) is 3.12. The van der Waals surface area contributed by atoms with Crippen LogP contribution in [0.4, 0.5) is 4.79 Å². The minimum absolute atomic E-state index is 0.00921. The number of ether oxygens (including phenoxy) is 1. The molecule has 5 heteroatoms. The number of hydrogen-bond acceptors (Lipinski definition) is 4. The topological polar surface area (TPSA) is 53.0 Å². The van der Waals surface area contributed by atoms with Gasteiger partial charge in [0.2, 0.25) is 0 Å². The predicted molar refractivity (Wildman–Crippen MR) is 70.9 cm³/mol. The summed E-state index contributed by atoms with van der Waals surface area (Å²) in [5, 5.41) is 9.64. The molecule has 0 aromatic carbocycles. The molecule has 0 radical (unpaired) electrons. The first-order valence-electron chi connectivity index (χ1n) is 7.54. The first-order valence-corrected chi connectivity index (χ1v) is 7.54. The number of aliphatic hydroxyl groups excluding tert-OH is 1. The fraction of sp³-hybridized carbons (Fsp3) is 0.929. The van der Waals surface area contributed by atoms with Crippen molar-refractivity contribution >= 4 is 6.09 Å². The molecule has 3 heterocycles. The van der Waals surface area contributed by atoms with Gasteiger partial charge in [-0.15, -0.1) is 0 Å². The Kier molecular flexibility index (Phi) is 3.67. The maximum Gasteiger partial charge on any atom is 0.409 e. The number of carbonyl (C=O) groups is 1. The SMILES string of the molecule is O=C(OC[C@H]1CCC2(CO)CCCN12)N1CCCC1. The van der Waals surface area contributed by atoms with E-state index < -0.39 is 0 Å². The lowest BCUT2D eigenvalue weighted by atomic mass is 9.95. The molecule has 0 bridgehead atoms. The summed E-state index contributed by atoms with van der Waals surface area (Å²) in [6.07, 6.45) is 6.34. The molecule has 0 aliphatic carbocycles. The van der Waals surface area contributed by atoms with E-state index in [1.54, 1.807) is 4.90 Å². The van der Waals surface area contributed by atoms with Gasteiger partial charge in [0.1, 0.15) is 6.61 Å². The molecule has 3 rings (SSSR count). The van der Waals surface area contributed by atoms with Crippen molar-refractivity contribution in [2.75, 3.05) is 32.8 Å². The van der Waals surface area contributed by atoms with Gasteiger partial charge in [0.05, 0.1) is 6.61 Å². The number of carbonyl (C=O) groups excluding carboxylic acids is 1. The van der Waals surface area contributed by atoms with Crippen LogP contribution in [0.2, 0.25) is 0 Å². The van der Waals surface area contributed by atoms with Crippen LogP contribution in [0.1, 0.15) is 38.5 Å². The summed E-state index contributed by atoms with van der Waals surface area (Å²) in [6, 6.07) is 0.307. The molecule has 19 heavy (non-hydrogen) atoms. The Labute approximate surface area is 114 Å². The number of nitrogens with zero attached hydrogens (tertiary/aromatic N) is 2. The van der Waals surface area contributed by atoms with Gasteiger partial charge < -0.3 is 14.7 Å². The van der Waals surface area contributed by atoms with Crippen LogP contribution in [0.15, 0.2) is 0 Å². The Morgan fingerprint density at radius 1 is 1.21 bits per heavy atom. The molecule has 0 aromatic rings. The zero-order valence-corrected chi connectivity index (χ0v) is 11.5. The summed E-state index contributed by atoms with van der Waals surface area (Å²) < 4.78 is 5.47. The van der Waals surface area contributed by atoms with Gasteiger partial charge >= 0.3 is 6.09 Å². The van der Waals surface area contributed by atoms with Crippen molar-refractivity contribution < 1.29 is 14.6 Å². The Hall–Kier alpha value is -0.810. The quantitative estimate of drug-likeness (QED) is 0.836. The van der Waals surface area contributed by atoms with E-state index in [1.807, 2.05) is 0 Å². The van der Waals surface area contributed by atoms with E-state index in [4.69, 9.17) is 4.74 Å². The summed E-state index contributed by atoms with van der Waals surface area (Å²) in [5.41, 5.74) is -0.00921. The van der Waals surface area contributed by atoms with Crippen LogP contribution in [-0.2, 0) is 4.74 Å².